The molecular formula is C11H14N2O2. The highest BCUT2D eigenvalue weighted by molar-refractivity contribution is 5.13. The molecule has 0 amide bonds. The fourth-order valence-corrected chi connectivity index (χ4v) is 1.85. The molecule has 0 N–H and O–H groups in total. The molecule has 2 rings (SSSR count). The van der Waals surface area contributed by atoms with Crippen molar-refractivity contribution in [2.24, 2.45) is 0 Å². The normalized spacial score (nSPS) is 24.7. The maximum absolute atomic E-state index is 9.14. The van der Waals surface area contributed by atoms with E-state index in [-0.39, 0.29) is 12.1 Å². The van der Waals surface area contributed by atoms with Crippen molar-refractivity contribution in [2.45, 2.75) is 19.1 Å². The lowest BCUT2D eigenvalue weighted by Crippen LogP contribution is -2.42. The summed E-state index contributed by atoms with van der Waals surface area (Å²) in [5.41, 5.74) is 0. The van der Waals surface area contributed by atoms with Crippen LogP contribution < -0.4 is 0 Å². The molecule has 4 nitrogen and oxygen atoms in total. The summed E-state index contributed by atoms with van der Waals surface area (Å²) < 4.78 is 10.7. The van der Waals surface area contributed by atoms with Crippen molar-refractivity contribution in [2.75, 3.05) is 19.7 Å². The van der Waals surface area contributed by atoms with E-state index in [1.54, 1.807) is 6.26 Å². The van der Waals surface area contributed by atoms with E-state index < -0.39 is 0 Å². The molecule has 1 aromatic heterocycles. The van der Waals surface area contributed by atoms with Crippen LogP contribution in [0.25, 0.3) is 0 Å². The van der Waals surface area contributed by atoms with Gasteiger partial charge in [0.15, 0.2) is 6.04 Å². The Balaban J connectivity index is 2.10. The van der Waals surface area contributed by atoms with Crippen molar-refractivity contribution in [3.8, 4) is 6.07 Å². The van der Waals surface area contributed by atoms with Gasteiger partial charge in [-0.25, -0.2) is 0 Å². The number of nitrogens with zero attached hydrogens (tertiary/aromatic N) is 2. The third kappa shape index (κ3) is 2.20. The van der Waals surface area contributed by atoms with E-state index in [2.05, 4.69) is 11.0 Å². The van der Waals surface area contributed by atoms with E-state index in [0.717, 1.165) is 13.1 Å². The minimum Gasteiger partial charge on any atom is -0.467 e. The first kappa shape index (κ1) is 10.2. The zero-order valence-corrected chi connectivity index (χ0v) is 8.72. The summed E-state index contributed by atoms with van der Waals surface area (Å²) in [5.74, 6) is 0.714. The van der Waals surface area contributed by atoms with Crippen LogP contribution in [0, 0.1) is 11.3 Å². The number of nitriles is 1. The maximum Gasteiger partial charge on any atom is 0.157 e. The van der Waals surface area contributed by atoms with Gasteiger partial charge in [0.2, 0.25) is 0 Å². The van der Waals surface area contributed by atoms with Gasteiger partial charge in [0, 0.05) is 13.1 Å². The Morgan fingerprint density at radius 1 is 1.67 bits per heavy atom. The topological polar surface area (TPSA) is 49.4 Å². The van der Waals surface area contributed by atoms with Gasteiger partial charge in [-0.1, -0.05) is 0 Å². The van der Waals surface area contributed by atoms with Crippen LogP contribution in [0.15, 0.2) is 22.8 Å². The minimum atomic E-state index is -0.286. The molecule has 2 atom stereocenters. The molecule has 1 saturated heterocycles. The highest BCUT2D eigenvalue weighted by atomic mass is 16.5. The van der Waals surface area contributed by atoms with Crippen LogP contribution >= 0.6 is 0 Å². The largest absolute Gasteiger partial charge is 0.467 e. The second-order valence-electron chi connectivity index (χ2n) is 3.72. The molecule has 1 aliphatic heterocycles. The molecule has 1 aliphatic rings. The summed E-state index contributed by atoms with van der Waals surface area (Å²) in [4.78, 5) is 2.09. The van der Waals surface area contributed by atoms with E-state index in [1.165, 1.54) is 0 Å². The summed E-state index contributed by atoms with van der Waals surface area (Å²) in [6, 6.07) is 5.64. The van der Waals surface area contributed by atoms with E-state index in [9.17, 15) is 0 Å². The Kier molecular flexibility index (Phi) is 3.05. The van der Waals surface area contributed by atoms with Crippen LogP contribution in [-0.4, -0.2) is 30.7 Å². The number of hydrogen-bond acceptors (Lipinski definition) is 4. The monoisotopic (exact) mass is 206 g/mol. The molecule has 0 aromatic carbocycles. The third-order valence-electron chi connectivity index (χ3n) is 2.57. The number of ether oxygens (including phenoxy) is 1. The predicted molar refractivity (Wildman–Crippen MR) is 54.0 cm³/mol. The van der Waals surface area contributed by atoms with Crippen LogP contribution in [0.4, 0.5) is 0 Å². The quantitative estimate of drug-likeness (QED) is 0.737. The van der Waals surface area contributed by atoms with Crippen LogP contribution in [0.1, 0.15) is 18.7 Å². The van der Waals surface area contributed by atoms with Gasteiger partial charge in [0.1, 0.15) is 5.76 Å². The molecule has 2 heterocycles. The molecule has 0 unspecified atom stereocenters. The number of morpholine rings is 1. The number of rotatable bonds is 2. The molecule has 1 aromatic rings. The van der Waals surface area contributed by atoms with Gasteiger partial charge in [-0.15, -0.1) is 0 Å². The zero-order valence-electron chi connectivity index (χ0n) is 8.72. The third-order valence-corrected chi connectivity index (χ3v) is 2.57. The van der Waals surface area contributed by atoms with Crippen molar-refractivity contribution < 1.29 is 9.15 Å². The van der Waals surface area contributed by atoms with Gasteiger partial charge < -0.3 is 9.15 Å². The molecule has 1 fully saturated rings. The average Bonchev–Trinajstić information content (AvgIpc) is 2.72. The maximum atomic E-state index is 9.14. The van der Waals surface area contributed by atoms with E-state index in [4.69, 9.17) is 14.4 Å². The highest BCUT2D eigenvalue weighted by Crippen LogP contribution is 2.22. The van der Waals surface area contributed by atoms with E-state index in [1.807, 2.05) is 19.1 Å². The Morgan fingerprint density at radius 3 is 3.13 bits per heavy atom. The molecule has 0 aliphatic carbocycles. The van der Waals surface area contributed by atoms with Gasteiger partial charge >= 0.3 is 0 Å². The van der Waals surface area contributed by atoms with Crippen molar-refractivity contribution in [3.63, 3.8) is 0 Å². The van der Waals surface area contributed by atoms with Gasteiger partial charge in [-0.3, -0.25) is 4.90 Å². The second kappa shape index (κ2) is 4.47. The Labute approximate surface area is 89.0 Å². The molecule has 0 bridgehead atoms. The lowest BCUT2D eigenvalue weighted by Gasteiger charge is -2.33. The van der Waals surface area contributed by atoms with E-state index >= 15 is 0 Å². The Morgan fingerprint density at radius 2 is 2.53 bits per heavy atom. The van der Waals surface area contributed by atoms with Gasteiger partial charge in [0.25, 0.3) is 0 Å². The van der Waals surface area contributed by atoms with Crippen LogP contribution in [0.3, 0.4) is 0 Å². The van der Waals surface area contributed by atoms with Crippen LogP contribution in [0.5, 0.6) is 0 Å². The van der Waals surface area contributed by atoms with Crippen LogP contribution in [-0.2, 0) is 4.74 Å². The number of hydrogen-bond donors (Lipinski definition) is 0. The average molecular weight is 206 g/mol. The molecule has 15 heavy (non-hydrogen) atoms. The smallest absolute Gasteiger partial charge is 0.157 e. The molecule has 0 radical (unpaired) electrons. The molecular weight excluding hydrogens is 192 g/mol. The van der Waals surface area contributed by atoms with Crippen LogP contribution in [0.2, 0.25) is 0 Å². The van der Waals surface area contributed by atoms with Crippen molar-refractivity contribution in [1.82, 2.24) is 4.90 Å². The van der Waals surface area contributed by atoms with Crippen molar-refractivity contribution in [3.05, 3.63) is 24.2 Å². The lowest BCUT2D eigenvalue weighted by molar-refractivity contribution is -0.0292. The Hall–Kier alpha value is -1.31. The van der Waals surface area contributed by atoms with Gasteiger partial charge in [-0.2, -0.15) is 5.26 Å². The summed E-state index contributed by atoms with van der Waals surface area (Å²) in [5, 5.41) is 9.14. The number of furan rings is 1. The standard InChI is InChI=1S/C11H14N2O2/c1-9-8-13(4-6-14-9)10(7-12)11-3-2-5-15-11/h2-3,5,9-10H,4,6,8H2,1H3/t9-,10+/m1/s1. The first-order chi connectivity index (χ1) is 7.31. The van der Waals surface area contributed by atoms with Crippen molar-refractivity contribution in [1.29, 1.82) is 5.26 Å². The minimum absolute atomic E-state index is 0.185. The first-order valence-corrected chi connectivity index (χ1v) is 5.10. The second-order valence-corrected chi connectivity index (χ2v) is 3.72. The summed E-state index contributed by atoms with van der Waals surface area (Å²) >= 11 is 0. The molecule has 0 spiro atoms. The summed E-state index contributed by atoms with van der Waals surface area (Å²) in [6.45, 7) is 4.25. The SMILES string of the molecule is C[C@@H]1CN([C@@H](C#N)c2ccco2)CCO1. The first-order valence-electron chi connectivity index (χ1n) is 5.10. The zero-order chi connectivity index (χ0) is 10.7. The molecule has 0 saturated carbocycles. The summed E-state index contributed by atoms with van der Waals surface area (Å²) in [7, 11) is 0. The molecule has 4 heteroatoms. The van der Waals surface area contributed by atoms with E-state index in [0.29, 0.717) is 12.4 Å². The highest BCUT2D eigenvalue weighted by Gasteiger charge is 2.26. The lowest BCUT2D eigenvalue weighted by atomic mass is 10.2. The fraction of sp³-hybridized carbons (Fsp3) is 0.545. The van der Waals surface area contributed by atoms with Gasteiger partial charge in [-0.05, 0) is 19.1 Å². The van der Waals surface area contributed by atoms with Crippen molar-refractivity contribution >= 4 is 0 Å². The predicted octanol–water partition coefficient (Wildman–Crippen LogP) is 1.56. The van der Waals surface area contributed by atoms with Gasteiger partial charge in [0.05, 0.1) is 25.0 Å². The summed E-state index contributed by atoms with van der Waals surface area (Å²) in [6.07, 6.45) is 1.79. The Bertz CT molecular complexity index is 342. The molecule has 80 valence electrons. The fourth-order valence-electron chi connectivity index (χ4n) is 1.85.